The molecule has 2 rings (SSSR count). The van der Waals surface area contributed by atoms with E-state index >= 15 is 0 Å². The van der Waals surface area contributed by atoms with Gasteiger partial charge in [0.1, 0.15) is 19.5 Å². The first-order valence-electron chi connectivity index (χ1n) is 9.13. The van der Waals surface area contributed by atoms with E-state index in [0.717, 1.165) is 35.3 Å². The van der Waals surface area contributed by atoms with Crippen LogP contribution >= 0.6 is 0 Å². The smallest absolute Gasteiger partial charge is 0.361 e. The summed E-state index contributed by atoms with van der Waals surface area (Å²) in [6, 6.07) is 13.6. The van der Waals surface area contributed by atoms with E-state index in [4.69, 9.17) is 14.3 Å². The van der Waals surface area contributed by atoms with Crippen LogP contribution in [0.1, 0.15) is 42.0 Å². The van der Waals surface area contributed by atoms with Crippen LogP contribution in [0.3, 0.4) is 0 Å². The Hall–Kier alpha value is -2.82. The molecule has 0 heterocycles. The number of oxime groups is 1. The molecule has 0 amide bonds. The molecule has 2 aromatic carbocycles. The van der Waals surface area contributed by atoms with Crippen molar-refractivity contribution in [2.45, 2.75) is 40.2 Å². The van der Waals surface area contributed by atoms with E-state index in [2.05, 4.69) is 5.16 Å². The first-order valence-corrected chi connectivity index (χ1v) is 9.13. The molecule has 0 aliphatic heterocycles. The Morgan fingerprint density at radius 3 is 2.63 bits per heavy atom. The lowest BCUT2D eigenvalue weighted by atomic mass is 10.0. The summed E-state index contributed by atoms with van der Waals surface area (Å²) in [7, 11) is 1.41. The number of hydrogen-bond acceptors (Lipinski definition) is 5. The number of benzene rings is 2. The molecule has 27 heavy (non-hydrogen) atoms. The zero-order chi connectivity index (χ0) is 19.6. The predicted octanol–water partition coefficient (Wildman–Crippen LogP) is 4.58. The molecule has 0 atom stereocenters. The minimum atomic E-state index is -0.496. The van der Waals surface area contributed by atoms with Gasteiger partial charge in [0, 0.05) is 5.56 Å². The molecular weight excluding hydrogens is 342 g/mol. The molecule has 144 valence electrons. The summed E-state index contributed by atoms with van der Waals surface area (Å²) in [6.07, 6.45) is 1.76. The highest BCUT2D eigenvalue weighted by molar-refractivity contribution is 6.43. The van der Waals surface area contributed by atoms with Crippen molar-refractivity contribution in [1.29, 1.82) is 0 Å². The number of hydrogen-bond donors (Lipinski definition) is 0. The lowest BCUT2D eigenvalue weighted by molar-refractivity contribution is -0.135. The van der Waals surface area contributed by atoms with Gasteiger partial charge in [0.2, 0.25) is 0 Å². The predicted molar refractivity (Wildman–Crippen MR) is 106 cm³/mol. The van der Waals surface area contributed by atoms with Gasteiger partial charge in [-0.05, 0) is 43.0 Å². The number of esters is 1. The summed E-state index contributed by atoms with van der Waals surface area (Å²) in [5.41, 5.74) is 3.81. The van der Waals surface area contributed by atoms with Gasteiger partial charge in [0.05, 0.1) is 6.61 Å². The number of aryl methyl sites for hydroxylation is 2. The molecule has 0 radical (unpaired) electrons. The Balaban J connectivity index is 2.22. The van der Waals surface area contributed by atoms with Gasteiger partial charge in [0.15, 0.2) is 5.71 Å². The molecule has 0 spiro atoms. The topological polar surface area (TPSA) is 57.1 Å². The van der Waals surface area contributed by atoms with E-state index in [0.29, 0.717) is 18.8 Å². The molecule has 0 unspecified atom stereocenters. The van der Waals surface area contributed by atoms with Crippen molar-refractivity contribution in [2.75, 3.05) is 13.7 Å². The fraction of sp³-hybridized carbons (Fsp3) is 0.364. The molecule has 0 aliphatic carbocycles. The van der Waals surface area contributed by atoms with Crippen molar-refractivity contribution >= 4 is 11.7 Å². The quantitative estimate of drug-likeness (QED) is 0.281. The molecular formula is C22H27NO4. The summed E-state index contributed by atoms with van der Waals surface area (Å²) in [6.45, 7) is 6.74. The fourth-order valence-electron chi connectivity index (χ4n) is 2.56. The first kappa shape index (κ1) is 20.5. The van der Waals surface area contributed by atoms with Crippen LogP contribution in [0.5, 0.6) is 5.75 Å². The van der Waals surface area contributed by atoms with Gasteiger partial charge >= 0.3 is 5.97 Å². The van der Waals surface area contributed by atoms with Crippen LogP contribution in [0.15, 0.2) is 47.6 Å². The minimum Gasteiger partial charge on any atom is -0.489 e. The molecule has 0 fully saturated rings. The van der Waals surface area contributed by atoms with Crippen molar-refractivity contribution in [1.82, 2.24) is 0 Å². The number of carbonyl (C=O) groups is 1. The van der Waals surface area contributed by atoms with E-state index in [1.54, 1.807) is 0 Å². The monoisotopic (exact) mass is 369 g/mol. The molecule has 0 saturated carbocycles. The van der Waals surface area contributed by atoms with Crippen molar-refractivity contribution in [3.63, 3.8) is 0 Å². The lowest BCUT2D eigenvalue weighted by Gasteiger charge is -2.14. The van der Waals surface area contributed by atoms with Gasteiger partial charge < -0.3 is 14.3 Å². The molecule has 0 aliphatic rings. The van der Waals surface area contributed by atoms with Crippen LogP contribution in [-0.4, -0.2) is 25.4 Å². The summed E-state index contributed by atoms with van der Waals surface area (Å²) < 4.78 is 11.3. The number of ether oxygens (including phenoxy) is 2. The maximum atomic E-state index is 12.5. The first-order chi connectivity index (χ1) is 13.1. The van der Waals surface area contributed by atoms with E-state index in [9.17, 15) is 4.79 Å². The van der Waals surface area contributed by atoms with Gasteiger partial charge in [-0.3, -0.25) is 0 Å². The van der Waals surface area contributed by atoms with E-state index in [-0.39, 0.29) is 5.71 Å². The third-order valence-corrected chi connectivity index (χ3v) is 4.11. The van der Waals surface area contributed by atoms with E-state index in [1.165, 1.54) is 7.11 Å². The van der Waals surface area contributed by atoms with Crippen molar-refractivity contribution in [3.05, 3.63) is 64.7 Å². The average molecular weight is 369 g/mol. The van der Waals surface area contributed by atoms with Crippen molar-refractivity contribution in [3.8, 4) is 5.75 Å². The van der Waals surface area contributed by atoms with Crippen LogP contribution < -0.4 is 4.74 Å². The van der Waals surface area contributed by atoms with Gasteiger partial charge in [-0.25, -0.2) is 4.79 Å². The Labute approximate surface area is 160 Å². The standard InChI is InChI=1S/C22H27NO4/c1-5-6-13-26-22(24)21(23-25-4)19-10-8-7-9-18(19)15-27-20-14-16(2)11-12-17(20)3/h7-12,14H,5-6,13,15H2,1-4H3. The molecule has 0 saturated heterocycles. The van der Waals surface area contributed by atoms with Gasteiger partial charge in [-0.15, -0.1) is 0 Å². The lowest BCUT2D eigenvalue weighted by Crippen LogP contribution is -2.21. The third kappa shape index (κ3) is 5.84. The second-order valence-electron chi connectivity index (χ2n) is 6.33. The summed E-state index contributed by atoms with van der Waals surface area (Å²) in [5.74, 6) is 0.324. The zero-order valence-electron chi connectivity index (χ0n) is 16.5. The molecule has 0 aromatic heterocycles. The Morgan fingerprint density at radius 1 is 1.11 bits per heavy atom. The summed E-state index contributed by atoms with van der Waals surface area (Å²) in [5, 5.41) is 3.91. The Morgan fingerprint density at radius 2 is 1.89 bits per heavy atom. The molecule has 0 bridgehead atoms. The molecule has 5 heteroatoms. The van der Waals surface area contributed by atoms with Gasteiger partial charge in [0.25, 0.3) is 0 Å². The Kier molecular flexibility index (Phi) is 7.86. The van der Waals surface area contributed by atoms with Crippen LogP contribution in [-0.2, 0) is 21.0 Å². The fourth-order valence-corrected chi connectivity index (χ4v) is 2.56. The van der Waals surface area contributed by atoms with Crippen LogP contribution in [0.4, 0.5) is 0 Å². The third-order valence-electron chi connectivity index (χ3n) is 4.11. The van der Waals surface area contributed by atoms with Crippen LogP contribution in [0.25, 0.3) is 0 Å². The molecule has 0 N–H and O–H groups in total. The minimum absolute atomic E-state index is 0.147. The number of carbonyl (C=O) groups excluding carboxylic acids is 1. The second kappa shape index (κ2) is 10.4. The van der Waals surface area contributed by atoms with Crippen molar-refractivity contribution < 1.29 is 19.1 Å². The number of rotatable bonds is 9. The van der Waals surface area contributed by atoms with E-state index < -0.39 is 5.97 Å². The molecule has 2 aromatic rings. The largest absolute Gasteiger partial charge is 0.489 e. The Bertz CT molecular complexity index is 799. The maximum absolute atomic E-state index is 12.5. The highest BCUT2D eigenvalue weighted by Crippen LogP contribution is 2.22. The van der Waals surface area contributed by atoms with E-state index in [1.807, 2.05) is 63.2 Å². The normalized spacial score (nSPS) is 11.2. The molecule has 5 nitrogen and oxygen atoms in total. The van der Waals surface area contributed by atoms with Gasteiger partial charge in [-0.2, -0.15) is 0 Å². The highest BCUT2D eigenvalue weighted by Gasteiger charge is 2.20. The second-order valence-corrected chi connectivity index (χ2v) is 6.33. The maximum Gasteiger partial charge on any atom is 0.361 e. The van der Waals surface area contributed by atoms with Crippen molar-refractivity contribution in [2.24, 2.45) is 5.16 Å². The van der Waals surface area contributed by atoms with Gasteiger partial charge in [-0.1, -0.05) is 54.9 Å². The number of nitrogens with zero attached hydrogens (tertiary/aromatic N) is 1. The average Bonchev–Trinajstić information content (AvgIpc) is 2.67. The zero-order valence-corrected chi connectivity index (χ0v) is 16.5. The summed E-state index contributed by atoms with van der Waals surface area (Å²) in [4.78, 5) is 17.3. The van der Waals surface area contributed by atoms with Crippen LogP contribution in [0, 0.1) is 13.8 Å². The SMILES string of the molecule is CCCCOC(=O)C(=NOC)c1ccccc1COc1cc(C)ccc1C. The summed E-state index contributed by atoms with van der Waals surface area (Å²) >= 11 is 0. The van der Waals surface area contributed by atoms with Crippen LogP contribution in [0.2, 0.25) is 0 Å². The number of unbranched alkanes of at least 4 members (excludes halogenated alkanes) is 1. The highest BCUT2D eigenvalue weighted by atomic mass is 16.6.